The molecule has 2 rings (SSSR count). The third-order valence-corrected chi connectivity index (χ3v) is 4.82. The summed E-state index contributed by atoms with van der Waals surface area (Å²) in [5.74, 6) is 0.787. The van der Waals surface area contributed by atoms with E-state index in [4.69, 9.17) is 28.9 Å². The van der Waals surface area contributed by atoms with Crippen molar-refractivity contribution in [2.75, 3.05) is 40.3 Å². The Balaban J connectivity index is 2.02. The first-order chi connectivity index (χ1) is 10.0. The van der Waals surface area contributed by atoms with Crippen LogP contribution in [-0.2, 0) is 0 Å². The van der Waals surface area contributed by atoms with Crippen molar-refractivity contribution in [3.05, 3.63) is 33.8 Å². The van der Waals surface area contributed by atoms with Gasteiger partial charge in [-0.1, -0.05) is 29.3 Å². The van der Waals surface area contributed by atoms with Gasteiger partial charge in [-0.25, -0.2) is 0 Å². The zero-order valence-corrected chi connectivity index (χ0v) is 14.4. The van der Waals surface area contributed by atoms with Crippen molar-refractivity contribution in [1.82, 2.24) is 9.80 Å². The van der Waals surface area contributed by atoms with Crippen LogP contribution in [0.2, 0.25) is 10.0 Å². The van der Waals surface area contributed by atoms with Gasteiger partial charge in [-0.05, 0) is 63.6 Å². The molecule has 1 aliphatic rings. The molecule has 0 aliphatic carbocycles. The first-order valence-corrected chi connectivity index (χ1v) is 8.30. The van der Waals surface area contributed by atoms with E-state index in [0.717, 1.165) is 24.6 Å². The fourth-order valence-corrected chi connectivity index (χ4v) is 3.74. The normalized spacial score (nSPS) is 19.1. The highest BCUT2D eigenvalue weighted by atomic mass is 35.5. The topological polar surface area (TPSA) is 32.5 Å². The maximum atomic E-state index is 6.35. The first-order valence-electron chi connectivity index (χ1n) is 7.55. The zero-order valence-electron chi connectivity index (χ0n) is 12.9. The number of nitrogens with zero attached hydrogens (tertiary/aromatic N) is 2. The third-order valence-electron chi connectivity index (χ3n) is 4.26. The first kappa shape index (κ1) is 17.0. The standard InChI is InChI=1S/C16H25Cl2N3/c1-20(2)11-12-5-7-21(8-6-12)16(10-19)14-4-3-13(17)9-15(14)18/h3-4,9,12,16H,5-8,10-11,19H2,1-2H3. The average Bonchev–Trinajstić information content (AvgIpc) is 2.43. The Labute approximate surface area is 138 Å². The summed E-state index contributed by atoms with van der Waals surface area (Å²) in [4.78, 5) is 4.73. The van der Waals surface area contributed by atoms with Gasteiger partial charge in [0.1, 0.15) is 0 Å². The van der Waals surface area contributed by atoms with Crippen molar-refractivity contribution in [3.63, 3.8) is 0 Å². The minimum absolute atomic E-state index is 0.190. The fourth-order valence-electron chi connectivity index (χ4n) is 3.21. The van der Waals surface area contributed by atoms with Crippen molar-refractivity contribution < 1.29 is 0 Å². The van der Waals surface area contributed by atoms with E-state index in [0.29, 0.717) is 16.6 Å². The number of hydrogen-bond donors (Lipinski definition) is 1. The predicted octanol–water partition coefficient (Wildman–Crippen LogP) is 3.27. The average molecular weight is 330 g/mol. The highest BCUT2D eigenvalue weighted by Crippen LogP contribution is 2.32. The van der Waals surface area contributed by atoms with Crippen LogP contribution in [0.1, 0.15) is 24.4 Å². The van der Waals surface area contributed by atoms with Gasteiger partial charge < -0.3 is 10.6 Å². The smallest absolute Gasteiger partial charge is 0.0485 e. The number of benzene rings is 1. The van der Waals surface area contributed by atoms with E-state index < -0.39 is 0 Å². The van der Waals surface area contributed by atoms with Crippen LogP contribution in [0.5, 0.6) is 0 Å². The summed E-state index contributed by atoms with van der Waals surface area (Å²) in [5.41, 5.74) is 7.11. The molecule has 1 aliphatic heterocycles. The molecular formula is C16H25Cl2N3. The van der Waals surface area contributed by atoms with Gasteiger partial charge in [0.05, 0.1) is 0 Å². The molecule has 2 N–H and O–H groups in total. The Bertz CT molecular complexity index is 457. The Kier molecular flexibility index (Phi) is 6.33. The maximum Gasteiger partial charge on any atom is 0.0485 e. The highest BCUT2D eigenvalue weighted by Gasteiger charge is 2.26. The largest absolute Gasteiger partial charge is 0.329 e. The number of rotatable bonds is 5. The summed E-state index contributed by atoms with van der Waals surface area (Å²) < 4.78 is 0. The molecule has 1 heterocycles. The van der Waals surface area contributed by atoms with E-state index >= 15 is 0 Å². The Morgan fingerprint density at radius 1 is 1.29 bits per heavy atom. The minimum Gasteiger partial charge on any atom is -0.329 e. The second-order valence-electron chi connectivity index (χ2n) is 6.16. The second-order valence-corrected chi connectivity index (χ2v) is 7.00. The van der Waals surface area contributed by atoms with Crippen LogP contribution in [0, 0.1) is 5.92 Å². The van der Waals surface area contributed by atoms with Gasteiger partial charge in [-0.2, -0.15) is 0 Å². The van der Waals surface area contributed by atoms with Crippen molar-refractivity contribution in [2.24, 2.45) is 11.7 Å². The number of hydrogen-bond acceptors (Lipinski definition) is 3. The third kappa shape index (κ3) is 4.57. The molecule has 1 atom stereocenters. The molecule has 5 heteroatoms. The molecule has 0 aromatic heterocycles. The van der Waals surface area contributed by atoms with Gasteiger partial charge in [-0.15, -0.1) is 0 Å². The minimum atomic E-state index is 0.190. The van der Waals surface area contributed by atoms with Gasteiger partial charge >= 0.3 is 0 Å². The molecule has 1 unspecified atom stereocenters. The van der Waals surface area contributed by atoms with Crippen LogP contribution in [0.3, 0.4) is 0 Å². The summed E-state index contributed by atoms with van der Waals surface area (Å²) in [6.45, 7) is 3.92. The van der Waals surface area contributed by atoms with Crippen LogP contribution in [-0.4, -0.2) is 50.1 Å². The van der Waals surface area contributed by atoms with E-state index in [1.165, 1.54) is 19.4 Å². The van der Waals surface area contributed by atoms with E-state index in [2.05, 4.69) is 23.9 Å². The Hall–Kier alpha value is -0.320. The van der Waals surface area contributed by atoms with Crippen molar-refractivity contribution in [2.45, 2.75) is 18.9 Å². The molecular weight excluding hydrogens is 305 g/mol. The molecule has 3 nitrogen and oxygen atoms in total. The van der Waals surface area contributed by atoms with Crippen molar-refractivity contribution in [3.8, 4) is 0 Å². The SMILES string of the molecule is CN(C)CC1CCN(C(CN)c2ccc(Cl)cc2Cl)CC1. The van der Waals surface area contributed by atoms with E-state index in [9.17, 15) is 0 Å². The summed E-state index contributed by atoms with van der Waals surface area (Å²) >= 11 is 12.3. The highest BCUT2D eigenvalue weighted by molar-refractivity contribution is 6.35. The Morgan fingerprint density at radius 3 is 2.48 bits per heavy atom. The summed E-state index contributed by atoms with van der Waals surface area (Å²) in [6.07, 6.45) is 2.44. The zero-order chi connectivity index (χ0) is 15.4. The van der Waals surface area contributed by atoms with Crippen LogP contribution in [0.25, 0.3) is 0 Å². The van der Waals surface area contributed by atoms with Crippen LogP contribution >= 0.6 is 23.2 Å². The lowest BCUT2D eigenvalue weighted by atomic mass is 9.94. The fraction of sp³-hybridized carbons (Fsp3) is 0.625. The van der Waals surface area contributed by atoms with Crippen LogP contribution < -0.4 is 5.73 Å². The molecule has 0 bridgehead atoms. The lowest BCUT2D eigenvalue weighted by molar-refractivity contribution is 0.122. The van der Waals surface area contributed by atoms with Crippen molar-refractivity contribution in [1.29, 1.82) is 0 Å². The van der Waals surface area contributed by atoms with E-state index in [-0.39, 0.29) is 6.04 Å². The number of piperidine rings is 1. The number of nitrogens with two attached hydrogens (primary N) is 1. The van der Waals surface area contributed by atoms with Crippen LogP contribution in [0.4, 0.5) is 0 Å². The number of likely N-dealkylation sites (tertiary alicyclic amines) is 1. The lowest BCUT2D eigenvalue weighted by Gasteiger charge is -2.38. The molecule has 21 heavy (non-hydrogen) atoms. The molecule has 0 amide bonds. The van der Waals surface area contributed by atoms with Crippen LogP contribution in [0.15, 0.2) is 18.2 Å². The molecule has 1 saturated heterocycles. The summed E-state index contributed by atoms with van der Waals surface area (Å²) in [6, 6.07) is 5.90. The molecule has 1 aromatic carbocycles. The maximum absolute atomic E-state index is 6.35. The second kappa shape index (κ2) is 7.80. The van der Waals surface area contributed by atoms with Gasteiger partial charge in [0.15, 0.2) is 0 Å². The van der Waals surface area contributed by atoms with Gasteiger partial charge in [0, 0.05) is 29.2 Å². The molecule has 0 saturated carbocycles. The summed E-state index contributed by atoms with van der Waals surface area (Å²) in [7, 11) is 4.28. The van der Waals surface area contributed by atoms with Gasteiger partial charge in [0.2, 0.25) is 0 Å². The quantitative estimate of drug-likeness (QED) is 0.899. The van der Waals surface area contributed by atoms with E-state index in [1.54, 1.807) is 6.07 Å². The summed E-state index contributed by atoms with van der Waals surface area (Å²) in [5, 5.41) is 1.39. The molecule has 0 spiro atoms. The lowest BCUT2D eigenvalue weighted by Crippen LogP contribution is -2.41. The predicted molar refractivity (Wildman–Crippen MR) is 91.1 cm³/mol. The van der Waals surface area contributed by atoms with Crippen molar-refractivity contribution >= 4 is 23.2 Å². The van der Waals surface area contributed by atoms with E-state index in [1.807, 2.05) is 12.1 Å². The molecule has 118 valence electrons. The van der Waals surface area contributed by atoms with Gasteiger partial charge in [0.25, 0.3) is 0 Å². The molecule has 0 radical (unpaired) electrons. The monoisotopic (exact) mass is 329 g/mol. The molecule has 1 aromatic rings. The van der Waals surface area contributed by atoms with Gasteiger partial charge in [-0.3, -0.25) is 4.90 Å². The number of halogens is 2. The Morgan fingerprint density at radius 2 is 1.95 bits per heavy atom. The molecule has 1 fully saturated rings.